The number of hydrogen-bond acceptors (Lipinski definition) is 2. The Hall–Kier alpha value is -0.220. The van der Waals surface area contributed by atoms with Gasteiger partial charge >= 0.3 is 0 Å². The van der Waals surface area contributed by atoms with E-state index in [-0.39, 0.29) is 19.3 Å². The minimum Gasteiger partial charge on any atom is -0.396 e. The van der Waals surface area contributed by atoms with E-state index in [1.165, 1.54) is 0 Å². The van der Waals surface area contributed by atoms with Crippen LogP contribution in [0.1, 0.15) is 19.3 Å². The molecule has 66 valence electrons. The Balaban J connectivity index is 2.56. The van der Waals surface area contributed by atoms with Crippen molar-refractivity contribution < 1.29 is 19.0 Å². The van der Waals surface area contributed by atoms with Crippen molar-refractivity contribution in [3.63, 3.8) is 0 Å². The summed E-state index contributed by atoms with van der Waals surface area (Å²) in [5, 5.41) is 17.6. The van der Waals surface area contributed by atoms with Gasteiger partial charge in [-0.25, -0.2) is 8.78 Å². The summed E-state index contributed by atoms with van der Waals surface area (Å²) in [7, 11) is 0. The summed E-state index contributed by atoms with van der Waals surface area (Å²) in [6, 6.07) is 0. The van der Waals surface area contributed by atoms with E-state index in [2.05, 4.69) is 0 Å². The lowest BCUT2D eigenvalue weighted by Gasteiger charge is -2.32. The zero-order valence-electron chi connectivity index (χ0n) is 6.13. The van der Waals surface area contributed by atoms with E-state index in [1.807, 2.05) is 0 Å². The quantitative estimate of drug-likeness (QED) is 0.604. The highest BCUT2D eigenvalue weighted by Gasteiger charge is 2.43. The molecule has 1 fully saturated rings. The summed E-state index contributed by atoms with van der Waals surface area (Å²) < 4.78 is 25.5. The van der Waals surface area contributed by atoms with Gasteiger partial charge in [0.15, 0.2) is 0 Å². The van der Waals surface area contributed by atoms with Gasteiger partial charge in [-0.15, -0.1) is 0 Å². The molecule has 2 nitrogen and oxygen atoms in total. The minimum absolute atomic E-state index is 0.0174. The van der Waals surface area contributed by atoms with Gasteiger partial charge in [0.05, 0.1) is 12.7 Å². The van der Waals surface area contributed by atoms with Gasteiger partial charge in [0.2, 0.25) is 0 Å². The van der Waals surface area contributed by atoms with Gasteiger partial charge in [0, 0.05) is 12.3 Å². The molecule has 2 atom stereocenters. The van der Waals surface area contributed by atoms with Crippen molar-refractivity contribution in [2.45, 2.75) is 31.3 Å². The van der Waals surface area contributed by atoms with E-state index < -0.39 is 24.6 Å². The zero-order chi connectivity index (χ0) is 8.48. The van der Waals surface area contributed by atoms with Crippen LogP contribution in [0.5, 0.6) is 0 Å². The van der Waals surface area contributed by atoms with Crippen molar-refractivity contribution in [2.24, 2.45) is 5.92 Å². The molecule has 0 bridgehead atoms. The average Bonchev–Trinajstić information content (AvgIpc) is 1.94. The summed E-state index contributed by atoms with van der Waals surface area (Å²) in [5.74, 6) is -3.83. The fraction of sp³-hybridized carbons (Fsp3) is 1.00. The maximum absolute atomic E-state index is 12.8. The molecule has 1 aliphatic carbocycles. The third-order valence-corrected chi connectivity index (χ3v) is 2.19. The van der Waals surface area contributed by atoms with Crippen molar-refractivity contribution >= 4 is 0 Å². The Bertz CT molecular complexity index is 138. The molecule has 0 spiro atoms. The molecule has 0 aromatic carbocycles. The van der Waals surface area contributed by atoms with Crippen LogP contribution in [0.15, 0.2) is 0 Å². The summed E-state index contributed by atoms with van der Waals surface area (Å²) in [4.78, 5) is 0. The van der Waals surface area contributed by atoms with Gasteiger partial charge in [-0.1, -0.05) is 0 Å². The van der Waals surface area contributed by atoms with Crippen LogP contribution in [-0.4, -0.2) is 28.8 Å². The first kappa shape index (κ1) is 8.87. The molecule has 2 N–H and O–H groups in total. The Morgan fingerprint density at radius 3 is 2.55 bits per heavy atom. The fourth-order valence-electron chi connectivity index (χ4n) is 1.39. The fourth-order valence-corrected chi connectivity index (χ4v) is 1.39. The smallest absolute Gasteiger partial charge is 0.253 e. The molecule has 1 rings (SSSR count). The number of halogens is 2. The normalized spacial score (nSPS) is 37.1. The Kier molecular flexibility index (Phi) is 2.44. The summed E-state index contributed by atoms with van der Waals surface area (Å²) in [6.45, 7) is -0.538. The predicted octanol–water partition coefficient (Wildman–Crippen LogP) is 0.775. The molecule has 0 saturated heterocycles. The van der Waals surface area contributed by atoms with E-state index in [0.29, 0.717) is 0 Å². The second-order valence-corrected chi connectivity index (χ2v) is 3.07. The molecular formula is C7H12F2O2. The van der Waals surface area contributed by atoms with Gasteiger partial charge in [-0.05, 0) is 12.8 Å². The molecule has 0 aromatic heterocycles. The highest BCUT2D eigenvalue weighted by Crippen LogP contribution is 2.37. The van der Waals surface area contributed by atoms with Crippen LogP contribution < -0.4 is 0 Å². The van der Waals surface area contributed by atoms with E-state index in [0.717, 1.165) is 0 Å². The van der Waals surface area contributed by atoms with E-state index in [1.54, 1.807) is 0 Å². The number of alkyl halides is 2. The summed E-state index contributed by atoms with van der Waals surface area (Å²) in [5.41, 5.74) is 0. The first-order valence-corrected chi connectivity index (χ1v) is 3.73. The van der Waals surface area contributed by atoms with Crippen molar-refractivity contribution in [2.75, 3.05) is 6.61 Å². The lowest BCUT2D eigenvalue weighted by molar-refractivity contribution is -0.125. The number of aliphatic hydroxyl groups is 2. The molecule has 0 radical (unpaired) electrons. The lowest BCUT2D eigenvalue weighted by Crippen LogP contribution is -2.39. The molecule has 11 heavy (non-hydrogen) atoms. The topological polar surface area (TPSA) is 40.5 Å². The van der Waals surface area contributed by atoms with Crippen LogP contribution in [0, 0.1) is 5.92 Å². The maximum Gasteiger partial charge on any atom is 0.253 e. The number of rotatable bonds is 1. The molecule has 4 heteroatoms. The highest BCUT2D eigenvalue weighted by molar-refractivity contribution is 4.84. The number of aliphatic hydroxyl groups excluding tert-OH is 2. The average molecular weight is 166 g/mol. The van der Waals surface area contributed by atoms with Crippen LogP contribution >= 0.6 is 0 Å². The molecule has 0 unspecified atom stereocenters. The molecule has 0 heterocycles. The third-order valence-electron chi connectivity index (χ3n) is 2.19. The van der Waals surface area contributed by atoms with Crippen LogP contribution in [-0.2, 0) is 0 Å². The summed E-state index contributed by atoms with van der Waals surface area (Å²) >= 11 is 0. The maximum atomic E-state index is 12.8. The molecule has 0 amide bonds. The summed E-state index contributed by atoms with van der Waals surface area (Å²) in [6.07, 6.45) is -0.807. The van der Waals surface area contributed by atoms with Gasteiger partial charge < -0.3 is 10.2 Å². The first-order chi connectivity index (χ1) is 5.06. The zero-order valence-corrected chi connectivity index (χ0v) is 6.13. The van der Waals surface area contributed by atoms with Crippen LogP contribution in [0.2, 0.25) is 0 Å². The van der Waals surface area contributed by atoms with Crippen LogP contribution in [0.25, 0.3) is 0 Å². The van der Waals surface area contributed by atoms with Crippen LogP contribution in [0.4, 0.5) is 8.78 Å². The standard InChI is InChI=1S/C7H12F2O2/c8-7(9)2-1-6(11)3-5(7)4-10/h5-6,10-11H,1-4H2/t5-,6+/m0/s1. The second-order valence-electron chi connectivity index (χ2n) is 3.07. The Morgan fingerprint density at radius 1 is 1.45 bits per heavy atom. The third kappa shape index (κ3) is 1.87. The van der Waals surface area contributed by atoms with Gasteiger partial charge in [0.25, 0.3) is 5.92 Å². The second kappa shape index (κ2) is 3.03. The van der Waals surface area contributed by atoms with Gasteiger partial charge in [0.1, 0.15) is 0 Å². The first-order valence-electron chi connectivity index (χ1n) is 3.73. The Labute approximate surface area is 63.8 Å². The van der Waals surface area contributed by atoms with Crippen LogP contribution in [0.3, 0.4) is 0 Å². The molecule has 0 aromatic rings. The van der Waals surface area contributed by atoms with Crippen molar-refractivity contribution in [1.82, 2.24) is 0 Å². The van der Waals surface area contributed by atoms with Crippen molar-refractivity contribution in [3.8, 4) is 0 Å². The molecular weight excluding hydrogens is 154 g/mol. The minimum atomic E-state index is -2.78. The number of hydrogen-bond donors (Lipinski definition) is 2. The van der Waals surface area contributed by atoms with Gasteiger partial charge in [-0.3, -0.25) is 0 Å². The Morgan fingerprint density at radius 2 is 2.09 bits per heavy atom. The molecule has 0 aliphatic heterocycles. The van der Waals surface area contributed by atoms with E-state index >= 15 is 0 Å². The predicted molar refractivity (Wildman–Crippen MR) is 35.4 cm³/mol. The monoisotopic (exact) mass is 166 g/mol. The van der Waals surface area contributed by atoms with Crippen molar-refractivity contribution in [1.29, 1.82) is 0 Å². The molecule has 1 saturated carbocycles. The highest BCUT2D eigenvalue weighted by atomic mass is 19.3. The molecule has 1 aliphatic rings. The van der Waals surface area contributed by atoms with E-state index in [4.69, 9.17) is 10.2 Å². The SMILES string of the molecule is OC[C@@H]1C[C@H](O)CCC1(F)F. The van der Waals surface area contributed by atoms with E-state index in [9.17, 15) is 8.78 Å². The van der Waals surface area contributed by atoms with Gasteiger partial charge in [-0.2, -0.15) is 0 Å². The largest absolute Gasteiger partial charge is 0.396 e. The lowest BCUT2D eigenvalue weighted by atomic mass is 9.84. The van der Waals surface area contributed by atoms with Crippen molar-refractivity contribution in [3.05, 3.63) is 0 Å².